The molecule has 0 fully saturated rings. The van der Waals surface area contributed by atoms with E-state index in [9.17, 15) is 19.7 Å². The predicted octanol–water partition coefficient (Wildman–Crippen LogP) is 4.44. The smallest absolute Gasteiger partial charge is 0.269 e. The van der Waals surface area contributed by atoms with Crippen LogP contribution in [-0.4, -0.2) is 55.1 Å². The second-order valence-corrected chi connectivity index (χ2v) is 10.8. The largest absolute Gasteiger partial charge is 0.497 e. The first-order valence-electron chi connectivity index (χ1n) is 13.4. The molecule has 0 radical (unpaired) electrons. The third kappa shape index (κ3) is 6.72. The van der Waals surface area contributed by atoms with Gasteiger partial charge in [-0.1, -0.05) is 41.6 Å². The van der Waals surface area contributed by atoms with E-state index in [2.05, 4.69) is 15.5 Å². The van der Waals surface area contributed by atoms with Gasteiger partial charge >= 0.3 is 0 Å². The van der Waals surface area contributed by atoms with Crippen molar-refractivity contribution in [2.24, 2.45) is 12.1 Å². The lowest BCUT2D eigenvalue weighted by Crippen LogP contribution is -2.28. The molecule has 1 aliphatic heterocycles. The second-order valence-electron chi connectivity index (χ2n) is 9.88. The summed E-state index contributed by atoms with van der Waals surface area (Å²) in [6, 6.07) is 20.8. The number of benzene rings is 3. The van der Waals surface area contributed by atoms with Gasteiger partial charge in [-0.25, -0.2) is 5.01 Å². The Morgan fingerprint density at radius 1 is 1.05 bits per heavy atom. The zero-order chi connectivity index (χ0) is 30.5. The van der Waals surface area contributed by atoms with E-state index >= 15 is 0 Å². The number of aryl methyl sites for hydroxylation is 1. The summed E-state index contributed by atoms with van der Waals surface area (Å²) in [4.78, 5) is 36.3. The second kappa shape index (κ2) is 12.9. The van der Waals surface area contributed by atoms with Crippen molar-refractivity contribution in [3.05, 3.63) is 111 Å². The molecule has 0 saturated carbocycles. The number of nitrogens with zero attached hydrogens (tertiary/aromatic N) is 6. The minimum absolute atomic E-state index is 0.0862. The number of thioether (sulfide) groups is 1. The molecular formula is C30H29N7O5S. The van der Waals surface area contributed by atoms with E-state index in [1.165, 1.54) is 36.0 Å². The van der Waals surface area contributed by atoms with E-state index in [0.29, 0.717) is 17.4 Å². The van der Waals surface area contributed by atoms with Crippen molar-refractivity contribution in [2.75, 3.05) is 12.9 Å². The van der Waals surface area contributed by atoms with E-state index in [-0.39, 0.29) is 35.5 Å². The molecule has 1 aromatic heterocycles. The molecular weight excluding hydrogens is 570 g/mol. The maximum Gasteiger partial charge on any atom is 0.269 e. The first-order chi connectivity index (χ1) is 20.7. The first kappa shape index (κ1) is 29.5. The van der Waals surface area contributed by atoms with Crippen molar-refractivity contribution in [1.29, 1.82) is 0 Å². The van der Waals surface area contributed by atoms with Gasteiger partial charge < -0.3 is 14.6 Å². The Labute approximate surface area is 251 Å². The van der Waals surface area contributed by atoms with Gasteiger partial charge in [-0.15, -0.1) is 10.2 Å². The molecule has 43 heavy (non-hydrogen) atoms. The number of rotatable bonds is 10. The molecule has 13 heteroatoms. The minimum Gasteiger partial charge on any atom is -0.497 e. The van der Waals surface area contributed by atoms with Crippen LogP contribution in [0.25, 0.3) is 0 Å². The zero-order valence-electron chi connectivity index (χ0n) is 23.8. The topological polar surface area (TPSA) is 145 Å². The Bertz CT molecular complexity index is 1670. The van der Waals surface area contributed by atoms with Gasteiger partial charge in [-0.2, -0.15) is 5.10 Å². The molecule has 1 atom stereocenters. The van der Waals surface area contributed by atoms with Crippen LogP contribution in [0.4, 0.5) is 5.69 Å². The Hall–Kier alpha value is -5.04. The van der Waals surface area contributed by atoms with Crippen LogP contribution in [0.15, 0.2) is 83.1 Å². The Morgan fingerprint density at radius 2 is 1.74 bits per heavy atom. The number of amides is 2. The summed E-state index contributed by atoms with van der Waals surface area (Å²) in [5, 5.41) is 28.7. The van der Waals surface area contributed by atoms with Gasteiger partial charge in [-0.3, -0.25) is 19.7 Å². The molecule has 0 bridgehead atoms. The van der Waals surface area contributed by atoms with E-state index in [0.717, 1.165) is 28.2 Å². The molecule has 3 aromatic carbocycles. The molecule has 2 amide bonds. The maximum atomic E-state index is 13.5. The normalized spacial score (nSPS) is 14.3. The lowest BCUT2D eigenvalue weighted by Gasteiger charge is -2.22. The van der Waals surface area contributed by atoms with Gasteiger partial charge in [0.1, 0.15) is 5.75 Å². The van der Waals surface area contributed by atoms with Gasteiger partial charge in [-0.05, 0) is 54.4 Å². The van der Waals surface area contributed by atoms with Crippen LogP contribution in [-0.2, 0) is 18.4 Å². The Kier molecular flexibility index (Phi) is 8.81. The standard InChI is InChI=1S/C30H29N7O5S/c1-19-4-6-21(7-5-19)26-16-25(20-10-14-24(42-3)15-11-20)34-36(26)28(38)18-43-30-33-32-27(35(30)2)17-31-29(39)22-8-12-23(13-9-22)37(40)41/h4-15,26H,16-18H2,1-3H3,(H,31,39)/t26-/m1/s1. The number of ether oxygens (including phenoxy) is 1. The molecule has 12 nitrogen and oxygen atoms in total. The van der Waals surface area contributed by atoms with Gasteiger partial charge in [0.05, 0.1) is 36.1 Å². The highest BCUT2D eigenvalue weighted by molar-refractivity contribution is 7.99. The molecule has 220 valence electrons. The molecule has 0 saturated heterocycles. The van der Waals surface area contributed by atoms with Crippen LogP contribution in [0.2, 0.25) is 0 Å². The van der Waals surface area contributed by atoms with Crippen molar-refractivity contribution in [1.82, 2.24) is 25.1 Å². The summed E-state index contributed by atoms with van der Waals surface area (Å²) < 4.78 is 6.99. The lowest BCUT2D eigenvalue weighted by atomic mass is 9.97. The average Bonchev–Trinajstić information content (AvgIpc) is 3.63. The number of carbonyl (C=O) groups is 2. The molecule has 1 aliphatic rings. The van der Waals surface area contributed by atoms with Crippen LogP contribution in [0.3, 0.4) is 0 Å². The average molecular weight is 600 g/mol. The lowest BCUT2D eigenvalue weighted by molar-refractivity contribution is -0.384. The summed E-state index contributed by atoms with van der Waals surface area (Å²) in [6.07, 6.45) is 0.578. The summed E-state index contributed by atoms with van der Waals surface area (Å²) in [6.45, 7) is 2.11. The molecule has 0 spiro atoms. The number of nitrogens with one attached hydrogen (secondary N) is 1. The molecule has 0 unspecified atom stereocenters. The predicted molar refractivity (Wildman–Crippen MR) is 161 cm³/mol. The van der Waals surface area contributed by atoms with Gasteiger partial charge in [0.25, 0.3) is 17.5 Å². The number of nitro groups is 1. The Morgan fingerprint density at radius 3 is 2.40 bits per heavy atom. The quantitative estimate of drug-likeness (QED) is 0.160. The highest BCUT2D eigenvalue weighted by Crippen LogP contribution is 2.34. The van der Waals surface area contributed by atoms with Crippen molar-refractivity contribution in [3.63, 3.8) is 0 Å². The molecule has 0 aliphatic carbocycles. The van der Waals surface area contributed by atoms with E-state index in [1.54, 1.807) is 23.7 Å². The highest BCUT2D eigenvalue weighted by atomic mass is 32.2. The van der Waals surface area contributed by atoms with E-state index < -0.39 is 10.8 Å². The fraction of sp³-hybridized carbons (Fsp3) is 0.233. The number of hydrogen-bond donors (Lipinski definition) is 1. The molecule has 5 rings (SSSR count). The van der Waals surface area contributed by atoms with E-state index in [1.807, 2.05) is 55.5 Å². The summed E-state index contributed by atoms with van der Waals surface area (Å²) in [5.74, 6) is 0.752. The fourth-order valence-corrected chi connectivity index (χ4v) is 5.34. The molecule has 1 N–H and O–H groups in total. The van der Waals surface area contributed by atoms with Crippen LogP contribution in [0.1, 0.15) is 45.3 Å². The SMILES string of the molecule is COc1ccc(C2=NN(C(=O)CSc3nnc(CNC(=O)c4ccc([N+](=O)[O-])cc4)n3C)[C@@H](c3ccc(C)cc3)C2)cc1. The number of hydrazone groups is 1. The van der Waals surface area contributed by atoms with Gasteiger partial charge in [0.15, 0.2) is 11.0 Å². The number of aromatic nitrogens is 3. The number of carbonyl (C=O) groups excluding carboxylic acids is 2. The van der Waals surface area contributed by atoms with E-state index in [4.69, 9.17) is 9.84 Å². The van der Waals surface area contributed by atoms with Crippen LogP contribution in [0.5, 0.6) is 5.75 Å². The maximum absolute atomic E-state index is 13.5. The summed E-state index contributed by atoms with van der Waals surface area (Å²) in [5.41, 5.74) is 4.07. The number of methoxy groups -OCH3 is 1. The third-order valence-electron chi connectivity index (χ3n) is 7.05. The van der Waals surface area contributed by atoms with Crippen molar-refractivity contribution in [2.45, 2.75) is 31.1 Å². The van der Waals surface area contributed by atoms with Gasteiger partial charge in [0, 0.05) is 31.2 Å². The molecule has 4 aromatic rings. The van der Waals surface area contributed by atoms with Crippen molar-refractivity contribution in [3.8, 4) is 5.75 Å². The monoisotopic (exact) mass is 599 g/mol. The van der Waals surface area contributed by atoms with Gasteiger partial charge in [0.2, 0.25) is 0 Å². The van der Waals surface area contributed by atoms with Crippen LogP contribution >= 0.6 is 11.8 Å². The van der Waals surface area contributed by atoms with Crippen LogP contribution in [0, 0.1) is 17.0 Å². The number of non-ortho nitro benzene ring substituents is 1. The number of nitro benzene ring substituents is 1. The zero-order valence-corrected chi connectivity index (χ0v) is 24.6. The molecule has 2 heterocycles. The van der Waals surface area contributed by atoms with Crippen molar-refractivity contribution >= 4 is 35.0 Å². The Balaban J connectivity index is 1.25. The summed E-state index contributed by atoms with van der Waals surface area (Å²) in [7, 11) is 3.37. The number of hydrogen-bond acceptors (Lipinski definition) is 9. The minimum atomic E-state index is -0.524. The third-order valence-corrected chi connectivity index (χ3v) is 8.05. The summed E-state index contributed by atoms with van der Waals surface area (Å²) >= 11 is 1.24. The fourth-order valence-electron chi connectivity index (χ4n) is 4.56. The van der Waals surface area contributed by atoms with Crippen molar-refractivity contribution < 1.29 is 19.2 Å². The highest BCUT2D eigenvalue weighted by Gasteiger charge is 2.33. The first-order valence-corrected chi connectivity index (χ1v) is 14.4. The van der Waals surface area contributed by atoms with Crippen LogP contribution < -0.4 is 10.1 Å².